The molecule has 62 valence electrons. The van der Waals surface area contributed by atoms with Crippen molar-refractivity contribution in [2.45, 2.75) is 0 Å². The first-order valence-electron chi connectivity index (χ1n) is 3.61. The molecule has 2 aromatic heterocycles. The normalized spacial score (nSPS) is 10.4. The van der Waals surface area contributed by atoms with Gasteiger partial charge in [0.2, 0.25) is 0 Å². The Morgan fingerprint density at radius 2 is 2.25 bits per heavy atom. The predicted octanol–water partition coefficient (Wildman–Crippen LogP) is 1.73. The topological polar surface area (TPSA) is 43.8 Å². The number of hydrogen-bond acceptors (Lipinski definition) is 3. The van der Waals surface area contributed by atoms with Gasteiger partial charge < -0.3 is 5.73 Å². The summed E-state index contributed by atoms with van der Waals surface area (Å²) in [6.07, 6.45) is 1.78. The van der Waals surface area contributed by atoms with Crippen LogP contribution in [-0.4, -0.2) is 9.78 Å². The van der Waals surface area contributed by atoms with Gasteiger partial charge in [0.1, 0.15) is 0 Å². The lowest BCUT2D eigenvalue weighted by Crippen LogP contribution is -1.90. The van der Waals surface area contributed by atoms with Crippen LogP contribution in [0.2, 0.25) is 0 Å². The molecular formula is C8H9N3S. The number of aryl methyl sites for hydroxylation is 1. The molecule has 2 N–H and O–H groups in total. The minimum Gasteiger partial charge on any atom is -0.391 e. The van der Waals surface area contributed by atoms with Crippen molar-refractivity contribution in [3.05, 3.63) is 24.4 Å². The highest BCUT2D eigenvalue weighted by molar-refractivity contribution is 7.19. The first kappa shape index (κ1) is 7.36. The SMILES string of the molecule is Cn1nccc1-c1ccc(N)s1. The van der Waals surface area contributed by atoms with E-state index in [1.165, 1.54) is 0 Å². The van der Waals surface area contributed by atoms with E-state index >= 15 is 0 Å². The lowest BCUT2D eigenvalue weighted by molar-refractivity contribution is 0.777. The highest BCUT2D eigenvalue weighted by Crippen LogP contribution is 2.28. The molecule has 0 unspecified atom stereocenters. The van der Waals surface area contributed by atoms with Crippen LogP contribution in [0.15, 0.2) is 24.4 Å². The van der Waals surface area contributed by atoms with Gasteiger partial charge >= 0.3 is 0 Å². The third-order valence-electron chi connectivity index (χ3n) is 1.70. The third-order valence-corrected chi connectivity index (χ3v) is 2.64. The molecule has 0 saturated heterocycles. The van der Waals surface area contributed by atoms with E-state index in [0.29, 0.717) is 0 Å². The number of anilines is 1. The van der Waals surface area contributed by atoms with E-state index in [0.717, 1.165) is 15.6 Å². The zero-order valence-electron chi connectivity index (χ0n) is 6.69. The summed E-state index contributed by atoms with van der Waals surface area (Å²) in [5.41, 5.74) is 6.73. The van der Waals surface area contributed by atoms with Crippen LogP contribution in [0.3, 0.4) is 0 Å². The molecule has 0 spiro atoms. The molecule has 0 amide bonds. The summed E-state index contributed by atoms with van der Waals surface area (Å²) in [6, 6.07) is 5.90. The molecular weight excluding hydrogens is 170 g/mol. The summed E-state index contributed by atoms with van der Waals surface area (Å²) >= 11 is 1.58. The standard InChI is InChI=1S/C8H9N3S/c1-11-6(4-5-10-11)7-2-3-8(9)12-7/h2-5H,9H2,1H3. The maximum Gasteiger partial charge on any atom is 0.0863 e. The number of nitrogens with two attached hydrogens (primary N) is 1. The molecule has 2 heterocycles. The van der Waals surface area contributed by atoms with Gasteiger partial charge in [0.15, 0.2) is 0 Å². The number of nitrogens with zero attached hydrogens (tertiary/aromatic N) is 2. The van der Waals surface area contributed by atoms with Gasteiger partial charge in [-0.2, -0.15) is 5.10 Å². The van der Waals surface area contributed by atoms with E-state index in [-0.39, 0.29) is 0 Å². The second kappa shape index (κ2) is 2.64. The maximum atomic E-state index is 5.62. The average Bonchev–Trinajstić information content (AvgIpc) is 2.58. The first-order valence-corrected chi connectivity index (χ1v) is 4.43. The number of aromatic nitrogens is 2. The Morgan fingerprint density at radius 3 is 2.75 bits per heavy atom. The Morgan fingerprint density at radius 1 is 1.42 bits per heavy atom. The van der Waals surface area contributed by atoms with Crippen LogP contribution in [0.1, 0.15) is 0 Å². The third kappa shape index (κ3) is 1.10. The van der Waals surface area contributed by atoms with E-state index in [2.05, 4.69) is 5.10 Å². The van der Waals surface area contributed by atoms with Crippen molar-refractivity contribution in [2.75, 3.05) is 5.73 Å². The minimum absolute atomic E-state index is 0.839. The molecule has 3 nitrogen and oxygen atoms in total. The Kier molecular flexibility index (Phi) is 1.62. The van der Waals surface area contributed by atoms with Crippen molar-refractivity contribution in [1.82, 2.24) is 9.78 Å². The Hall–Kier alpha value is -1.29. The van der Waals surface area contributed by atoms with E-state index in [1.54, 1.807) is 17.5 Å². The van der Waals surface area contributed by atoms with Crippen molar-refractivity contribution in [1.29, 1.82) is 0 Å². The van der Waals surface area contributed by atoms with Crippen molar-refractivity contribution < 1.29 is 0 Å². The van der Waals surface area contributed by atoms with Crippen LogP contribution >= 0.6 is 11.3 Å². The van der Waals surface area contributed by atoms with Gasteiger partial charge in [-0.05, 0) is 18.2 Å². The zero-order chi connectivity index (χ0) is 8.55. The molecule has 0 atom stereocenters. The van der Waals surface area contributed by atoms with Crippen molar-refractivity contribution in [3.63, 3.8) is 0 Å². The second-order valence-electron chi connectivity index (χ2n) is 2.54. The summed E-state index contributed by atoms with van der Waals surface area (Å²) in [5.74, 6) is 0. The van der Waals surface area contributed by atoms with Gasteiger partial charge in [0, 0.05) is 13.2 Å². The minimum atomic E-state index is 0.839. The smallest absolute Gasteiger partial charge is 0.0863 e. The number of hydrogen-bond donors (Lipinski definition) is 1. The molecule has 0 bridgehead atoms. The van der Waals surface area contributed by atoms with Crippen LogP contribution in [-0.2, 0) is 7.05 Å². The molecule has 0 aliphatic heterocycles. The number of rotatable bonds is 1. The summed E-state index contributed by atoms with van der Waals surface area (Å²) in [7, 11) is 1.92. The molecule has 2 rings (SSSR count). The molecule has 0 aliphatic rings. The maximum absolute atomic E-state index is 5.62. The number of nitrogen functional groups attached to an aromatic ring is 1. The van der Waals surface area contributed by atoms with Crippen molar-refractivity contribution in [3.8, 4) is 10.6 Å². The fraction of sp³-hybridized carbons (Fsp3) is 0.125. The summed E-state index contributed by atoms with van der Waals surface area (Å²) in [4.78, 5) is 1.16. The summed E-state index contributed by atoms with van der Waals surface area (Å²) in [5, 5.41) is 4.92. The van der Waals surface area contributed by atoms with E-state index in [1.807, 2.05) is 29.9 Å². The Labute approximate surface area is 74.4 Å². The molecule has 4 heteroatoms. The number of thiophene rings is 1. The first-order chi connectivity index (χ1) is 5.77. The quantitative estimate of drug-likeness (QED) is 0.724. The van der Waals surface area contributed by atoms with Gasteiger partial charge in [0.05, 0.1) is 15.6 Å². The van der Waals surface area contributed by atoms with Gasteiger partial charge in [0.25, 0.3) is 0 Å². The Bertz CT molecular complexity index is 388. The van der Waals surface area contributed by atoms with Crippen molar-refractivity contribution >= 4 is 16.3 Å². The van der Waals surface area contributed by atoms with E-state index in [4.69, 9.17) is 5.73 Å². The van der Waals surface area contributed by atoms with Crippen LogP contribution in [0.25, 0.3) is 10.6 Å². The zero-order valence-corrected chi connectivity index (χ0v) is 7.51. The second-order valence-corrected chi connectivity index (χ2v) is 3.66. The highest BCUT2D eigenvalue weighted by Gasteiger charge is 2.03. The molecule has 0 aliphatic carbocycles. The molecule has 2 aromatic rings. The van der Waals surface area contributed by atoms with E-state index in [9.17, 15) is 0 Å². The van der Waals surface area contributed by atoms with Crippen LogP contribution < -0.4 is 5.73 Å². The van der Waals surface area contributed by atoms with Crippen LogP contribution in [0.4, 0.5) is 5.00 Å². The van der Waals surface area contributed by atoms with Crippen LogP contribution in [0, 0.1) is 0 Å². The fourth-order valence-electron chi connectivity index (χ4n) is 1.11. The lowest BCUT2D eigenvalue weighted by atomic mass is 10.3. The highest BCUT2D eigenvalue weighted by atomic mass is 32.1. The predicted molar refractivity (Wildman–Crippen MR) is 50.9 cm³/mol. The molecule has 0 radical (unpaired) electrons. The molecule has 0 saturated carbocycles. The lowest BCUT2D eigenvalue weighted by Gasteiger charge is -1.95. The largest absolute Gasteiger partial charge is 0.391 e. The average molecular weight is 179 g/mol. The molecule has 0 aromatic carbocycles. The van der Waals surface area contributed by atoms with Gasteiger partial charge in [-0.3, -0.25) is 4.68 Å². The van der Waals surface area contributed by atoms with Gasteiger partial charge in [-0.15, -0.1) is 11.3 Å². The summed E-state index contributed by atoms with van der Waals surface area (Å²) in [6.45, 7) is 0. The van der Waals surface area contributed by atoms with Crippen LogP contribution in [0.5, 0.6) is 0 Å². The fourth-order valence-corrected chi connectivity index (χ4v) is 1.94. The molecule has 12 heavy (non-hydrogen) atoms. The Balaban J connectivity index is 2.50. The van der Waals surface area contributed by atoms with Crippen molar-refractivity contribution in [2.24, 2.45) is 7.05 Å². The molecule has 0 fully saturated rings. The van der Waals surface area contributed by atoms with E-state index < -0.39 is 0 Å². The van der Waals surface area contributed by atoms with Gasteiger partial charge in [-0.25, -0.2) is 0 Å². The van der Waals surface area contributed by atoms with Gasteiger partial charge in [-0.1, -0.05) is 0 Å². The monoisotopic (exact) mass is 179 g/mol. The summed E-state index contributed by atoms with van der Waals surface area (Å²) < 4.78 is 1.84.